The Morgan fingerprint density at radius 1 is 1.07 bits per heavy atom. The van der Waals surface area contributed by atoms with Crippen molar-refractivity contribution in [2.75, 3.05) is 12.4 Å². The molecule has 3 heterocycles. The van der Waals surface area contributed by atoms with E-state index in [1.807, 2.05) is 13.0 Å². The fraction of sp³-hybridized carbons (Fsp3) is 0.438. The molecule has 228 valence electrons. The monoisotopic (exact) mass is 615 g/mol. The van der Waals surface area contributed by atoms with Gasteiger partial charge in [0.25, 0.3) is 11.8 Å². The minimum absolute atomic E-state index is 0.0422. The molecule has 1 aromatic heterocycles. The number of anilines is 1. The van der Waals surface area contributed by atoms with Gasteiger partial charge in [0.05, 0.1) is 34.0 Å². The third-order valence-electron chi connectivity index (χ3n) is 9.21. The smallest absolute Gasteiger partial charge is 0.320 e. The van der Waals surface area contributed by atoms with Crippen molar-refractivity contribution in [2.24, 2.45) is 11.8 Å². The van der Waals surface area contributed by atoms with Crippen LogP contribution in [0, 0.1) is 11.8 Å². The van der Waals surface area contributed by atoms with Gasteiger partial charge >= 0.3 is 6.03 Å². The molecule has 2 aliphatic heterocycles. The van der Waals surface area contributed by atoms with Gasteiger partial charge in [-0.25, -0.2) is 9.78 Å². The second-order valence-corrected chi connectivity index (χ2v) is 13.4. The molecule has 44 heavy (non-hydrogen) atoms. The molecule has 4 aliphatic rings. The van der Waals surface area contributed by atoms with Crippen LogP contribution >= 0.6 is 11.3 Å². The highest BCUT2D eigenvalue weighted by atomic mass is 32.1. The molecular formula is C32H33N5O6S. The first-order valence-corrected chi connectivity index (χ1v) is 15.9. The number of thiazole rings is 1. The van der Waals surface area contributed by atoms with Crippen LogP contribution in [0.15, 0.2) is 30.3 Å². The molecule has 6 amide bonds. The Bertz CT molecular complexity index is 1740. The summed E-state index contributed by atoms with van der Waals surface area (Å²) < 4.78 is 6.61. The molecule has 2 saturated carbocycles. The van der Waals surface area contributed by atoms with Gasteiger partial charge in [0.2, 0.25) is 11.8 Å². The van der Waals surface area contributed by atoms with E-state index in [-0.39, 0.29) is 29.9 Å². The van der Waals surface area contributed by atoms with Gasteiger partial charge in [0.1, 0.15) is 16.8 Å². The summed E-state index contributed by atoms with van der Waals surface area (Å²) in [5.41, 5.74) is 2.00. The number of methoxy groups -OCH3 is 1. The first-order chi connectivity index (χ1) is 21.1. The maximum Gasteiger partial charge on any atom is 0.320 e. The molecule has 2 aromatic carbocycles. The summed E-state index contributed by atoms with van der Waals surface area (Å²) in [7, 11) is 1.67. The number of amides is 6. The van der Waals surface area contributed by atoms with Crippen molar-refractivity contribution in [1.82, 2.24) is 20.5 Å². The van der Waals surface area contributed by atoms with Crippen molar-refractivity contribution in [2.45, 2.75) is 69.9 Å². The zero-order valence-corrected chi connectivity index (χ0v) is 25.3. The van der Waals surface area contributed by atoms with Crippen LogP contribution in [0.1, 0.15) is 83.2 Å². The number of hydrogen-bond donors (Lipinski definition) is 3. The molecule has 0 bridgehead atoms. The second-order valence-electron chi connectivity index (χ2n) is 12.4. The minimum atomic E-state index is -1.05. The van der Waals surface area contributed by atoms with E-state index in [4.69, 9.17) is 9.72 Å². The van der Waals surface area contributed by atoms with Crippen LogP contribution in [0.2, 0.25) is 0 Å². The fourth-order valence-corrected chi connectivity index (χ4v) is 7.53. The van der Waals surface area contributed by atoms with Gasteiger partial charge in [0, 0.05) is 12.1 Å². The average molecular weight is 616 g/mol. The van der Waals surface area contributed by atoms with Crippen LogP contribution in [0.4, 0.5) is 10.5 Å². The van der Waals surface area contributed by atoms with Crippen LogP contribution < -0.4 is 20.7 Å². The van der Waals surface area contributed by atoms with Gasteiger partial charge < -0.3 is 15.4 Å². The van der Waals surface area contributed by atoms with E-state index < -0.39 is 41.2 Å². The highest BCUT2D eigenvalue weighted by Crippen LogP contribution is 2.48. The lowest BCUT2D eigenvalue weighted by Gasteiger charge is -2.29. The summed E-state index contributed by atoms with van der Waals surface area (Å²) in [5.74, 6) is -0.501. The summed E-state index contributed by atoms with van der Waals surface area (Å²) in [6.45, 7) is 2.01. The van der Waals surface area contributed by atoms with E-state index in [9.17, 15) is 24.0 Å². The third-order valence-corrected chi connectivity index (χ3v) is 10.5. The molecule has 3 aromatic rings. The second kappa shape index (κ2) is 10.7. The molecule has 0 radical (unpaired) electrons. The first kappa shape index (κ1) is 28.5. The standard InChI is InChI=1S/C32H33N5O6S/c1-32(18-7-8-18,30-35-26-17(6-5-16-3-4-16)13-20(43-2)15-24(26)44-30)36-31(42)33-19-9-10-21-22(14-19)29(41)37(28(21)40)23-11-12-25(38)34-27(23)39/h9-10,13-16,18,23H,3-8,11-12H2,1-2H3,(H2,33,36,42)(H,34,38,39)/t23?,32-/m1/s1. The van der Waals surface area contributed by atoms with Gasteiger partial charge in [-0.1, -0.05) is 12.8 Å². The molecule has 1 saturated heterocycles. The van der Waals surface area contributed by atoms with Crippen LogP contribution in [0.25, 0.3) is 10.2 Å². The molecule has 7 rings (SSSR count). The summed E-state index contributed by atoms with van der Waals surface area (Å²) in [5, 5.41) is 9.02. The number of carbonyl (C=O) groups excluding carboxylic acids is 5. The van der Waals surface area contributed by atoms with E-state index in [2.05, 4.69) is 22.0 Å². The summed E-state index contributed by atoms with van der Waals surface area (Å²) in [6, 6.07) is 7.05. The molecule has 2 atom stereocenters. The van der Waals surface area contributed by atoms with Crippen LogP contribution in [-0.4, -0.2) is 52.7 Å². The molecule has 2 aliphatic carbocycles. The number of ether oxygens (including phenoxy) is 1. The Kier molecular flexibility index (Phi) is 6.91. The van der Waals surface area contributed by atoms with Crippen molar-refractivity contribution in [3.8, 4) is 5.75 Å². The number of piperidine rings is 1. The molecule has 1 unspecified atom stereocenters. The highest BCUT2D eigenvalue weighted by Gasteiger charge is 2.47. The normalized spacial score (nSPS) is 21.2. The zero-order chi connectivity index (χ0) is 30.7. The van der Waals surface area contributed by atoms with Gasteiger partial charge in [-0.15, -0.1) is 11.3 Å². The van der Waals surface area contributed by atoms with Gasteiger partial charge in [-0.2, -0.15) is 0 Å². The molecule has 3 fully saturated rings. The molecule has 11 nitrogen and oxygen atoms in total. The lowest BCUT2D eigenvalue weighted by atomic mass is 9.96. The van der Waals surface area contributed by atoms with Gasteiger partial charge in [-0.3, -0.25) is 29.4 Å². The lowest BCUT2D eigenvalue weighted by Crippen LogP contribution is -2.54. The predicted octanol–water partition coefficient (Wildman–Crippen LogP) is 4.50. The SMILES string of the molecule is COc1cc(CCC2CC2)c2nc([C@](C)(NC(=O)Nc3ccc4c(c3)C(=O)N(C3CCC(=O)NC3=O)C4=O)C3CC3)sc2c1. The Labute approximate surface area is 257 Å². The summed E-state index contributed by atoms with van der Waals surface area (Å²) in [4.78, 5) is 69.6. The molecule has 0 spiro atoms. The Morgan fingerprint density at radius 2 is 1.84 bits per heavy atom. The number of nitrogens with one attached hydrogen (secondary N) is 3. The van der Waals surface area contributed by atoms with Crippen LogP contribution in [0.5, 0.6) is 5.75 Å². The minimum Gasteiger partial charge on any atom is -0.497 e. The van der Waals surface area contributed by atoms with E-state index in [0.29, 0.717) is 5.69 Å². The number of nitrogens with zero attached hydrogens (tertiary/aromatic N) is 2. The van der Waals surface area contributed by atoms with Gasteiger partial charge in [-0.05, 0) is 86.8 Å². The lowest BCUT2D eigenvalue weighted by molar-refractivity contribution is -0.136. The van der Waals surface area contributed by atoms with Gasteiger partial charge in [0.15, 0.2) is 0 Å². The zero-order valence-electron chi connectivity index (χ0n) is 24.5. The van der Waals surface area contributed by atoms with Crippen molar-refractivity contribution >= 4 is 56.9 Å². The largest absolute Gasteiger partial charge is 0.497 e. The maximum absolute atomic E-state index is 13.4. The molecular weight excluding hydrogens is 582 g/mol. The maximum atomic E-state index is 13.4. The predicted molar refractivity (Wildman–Crippen MR) is 163 cm³/mol. The van der Waals surface area contributed by atoms with E-state index in [0.717, 1.165) is 57.5 Å². The Hall–Kier alpha value is -4.32. The average Bonchev–Trinajstić information content (AvgIpc) is 3.93. The fourth-order valence-electron chi connectivity index (χ4n) is 6.31. The summed E-state index contributed by atoms with van der Waals surface area (Å²) in [6.07, 6.45) is 6.71. The van der Waals surface area contributed by atoms with Crippen molar-refractivity contribution < 1.29 is 28.7 Å². The number of urea groups is 1. The number of aromatic nitrogens is 1. The number of rotatable bonds is 9. The van der Waals surface area contributed by atoms with E-state index >= 15 is 0 Å². The number of fused-ring (bicyclic) bond motifs is 2. The molecule has 3 N–H and O–H groups in total. The first-order valence-electron chi connectivity index (χ1n) is 15.1. The highest BCUT2D eigenvalue weighted by molar-refractivity contribution is 7.18. The van der Waals surface area contributed by atoms with Crippen molar-refractivity contribution in [3.05, 3.63) is 52.0 Å². The quantitative estimate of drug-likeness (QED) is 0.301. The Morgan fingerprint density at radius 3 is 2.55 bits per heavy atom. The van der Waals surface area contributed by atoms with E-state index in [1.165, 1.54) is 30.5 Å². The third kappa shape index (κ3) is 5.10. The number of benzene rings is 2. The summed E-state index contributed by atoms with van der Waals surface area (Å²) >= 11 is 1.57. The van der Waals surface area contributed by atoms with E-state index in [1.54, 1.807) is 24.5 Å². The topological polar surface area (TPSA) is 147 Å². The van der Waals surface area contributed by atoms with Crippen molar-refractivity contribution in [3.63, 3.8) is 0 Å². The number of aryl methyl sites for hydroxylation is 1. The Balaban J connectivity index is 1.10. The number of hydrogen-bond acceptors (Lipinski definition) is 8. The number of carbonyl (C=O) groups is 5. The van der Waals surface area contributed by atoms with Crippen molar-refractivity contribution in [1.29, 1.82) is 0 Å². The van der Waals surface area contributed by atoms with Crippen LogP contribution in [0.3, 0.4) is 0 Å². The molecule has 12 heteroatoms. The number of imide groups is 2. The van der Waals surface area contributed by atoms with Crippen LogP contribution in [-0.2, 0) is 21.5 Å².